The Hall–Kier alpha value is -2.39. The van der Waals surface area contributed by atoms with Crippen molar-refractivity contribution in [1.29, 1.82) is 5.26 Å². The Balaban J connectivity index is 2.47. The second-order valence-corrected chi connectivity index (χ2v) is 4.22. The van der Waals surface area contributed by atoms with Crippen LogP contribution in [0, 0.1) is 21.4 Å². The van der Waals surface area contributed by atoms with E-state index in [0.717, 1.165) is 5.56 Å². The molecule has 0 radical (unpaired) electrons. The zero-order valence-electron chi connectivity index (χ0n) is 8.58. The van der Waals surface area contributed by atoms with E-state index in [1.54, 1.807) is 17.5 Å². The topological polar surface area (TPSA) is 92.9 Å². The van der Waals surface area contributed by atoms with Crippen LogP contribution in [0.1, 0.15) is 5.56 Å². The van der Waals surface area contributed by atoms with Crippen molar-refractivity contribution in [3.05, 3.63) is 45.3 Å². The third-order valence-electron chi connectivity index (χ3n) is 2.32. The van der Waals surface area contributed by atoms with E-state index in [1.807, 2.05) is 6.07 Å². The third-order valence-corrected chi connectivity index (χ3v) is 3.13. The zero-order valence-corrected chi connectivity index (χ0v) is 9.40. The Morgan fingerprint density at radius 3 is 2.53 bits per heavy atom. The van der Waals surface area contributed by atoms with Gasteiger partial charge in [0.2, 0.25) is 0 Å². The number of benzene rings is 1. The minimum atomic E-state index is -0.461. The third kappa shape index (κ3) is 1.96. The molecular weight excluding hydrogens is 238 g/mol. The first-order valence-electron chi connectivity index (χ1n) is 4.65. The fourth-order valence-electron chi connectivity index (χ4n) is 1.46. The van der Waals surface area contributed by atoms with Crippen LogP contribution in [0.5, 0.6) is 0 Å². The number of nitrogens with two attached hydrogens (primary N) is 1. The van der Waals surface area contributed by atoms with Gasteiger partial charge in [0.25, 0.3) is 5.69 Å². The minimum Gasteiger partial charge on any atom is -0.389 e. The van der Waals surface area contributed by atoms with Crippen LogP contribution >= 0.6 is 11.3 Å². The average molecular weight is 245 g/mol. The minimum absolute atomic E-state index is 0.0236. The molecule has 1 heterocycles. The molecule has 0 bridgehead atoms. The Morgan fingerprint density at radius 1 is 1.35 bits per heavy atom. The normalized spacial score (nSPS) is 9.82. The molecule has 17 heavy (non-hydrogen) atoms. The van der Waals surface area contributed by atoms with E-state index in [0.29, 0.717) is 16.1 Å². The molecule has 6 heteroatoms. The molecule has 0 spiro atoms. The van der Waals surface area contributed by atoms with Gasteiger partial charge in [-0.15, -0.1) is 11.3 Å². The monoisotopic (exact) mass is 245 g/mol. The van der Waals surface area contributed by atoms with E-state index in [-0.39, 0.29) is 5.69 Å². The van der Waals surface area contributed by atoms with Crippen LogP contribution in [0.2, 0.25) is 0 Å². The van der Waals surface area contributed by atoms with Crippen LogP contribution in [0.25, 0.3) is 11.1 Å². The molecule has 0 saturated heterocycles. The fraction of sp³-hybridized carbons (Fsp3) is 0. The number of nitro benzene ring substituents is 1. The van der Waals surface area contributed by atoms with E-state index in [4.69, 9.17) is 11.0 Å². The highest BCUT2D eigenvalue weighted by atomic mass is 32.1. The molecule has 1 aromatic carbocycles. The molecular formula is C11H7N3O2S. The summed E-state index contributed by atoms with van der Waals surface area (Å²) in [4.78, 5) is 10.0. The van der Waals surface area contributed by atoms with Gasteiger partial charge in [-0.25, -0.2) is 0 Å². The summed E-state index contributed by atoms with van der Waals surface area (Å²) in [5.74, 6) is 0. The smallest absolute Gasteiger partial charge is 0.269 e. The van der Waals surface area contributed by atoms with Gasteiger partial charge in [0.1, 0.15) is 11.1 Å². The summed E-state index contributed by atoms with van der Waals surface area (Å²) in [6, 6.07) is 8.07. The predicted molar refractivity (Wildman–Crippen MR) is 65.5 cm³/mol. The van der Waals surface area contributed by atoms with Crippen molar-refractivity contribution in [2.75, 3.05) is 5.73 Å². The highest BCUT2D eigenvalue weighted by Crippen LogP contribution is 2.33. The van der Waals surface area contributed by atoms with Crippen LogP contribution in [0.15, 0.2) is 29.6 Å². The van der Waals surface area contributed by atoms with E-state index >= 15 is 0 Å². The maximum Gasteiger partial charge on any atom is 0.269 e. The number of thiophene rings is 1. The summed E-state index contributed by atoms with van der Waals surface area (Å²) in [5, 5.41) is 21.7. The van der Waals surface area contributed by atoms with Crippen LogP contribution < -0.4 is 5.73 Å². The molecule has 5 nitrogen and oxygen atoms in total. The number of hydrogen-bond acceptors (Lipinski definition) is 5. The molecule has 0 unspecified atom stereocenters. The first-order chi connectivity index (χ1) is 8.13. The Bertz CT molecular complexity index is 611. The number of non-ortho nitro benzene ring substituents is 1. The lowest BCUT2D eigenvalue weighted by atomic mass is 10.0. The van der Waals surface area contributed by atoms with Crippen molar-refractivity contribution >= 4 is 22.0 Å². The molecule has 84 valence electrons. The number of hydrogen-bond donors (Lipinski definition) is 1. The van der Waals surface area contributed by atoms with Gasteiger partial charge in [0.15, 0.2) is 0 Å². The molecule has 0 aliphatic carbocycles. The number of rotatable bonds is 2. The highest BCUT2D eigenvalue weighted by molar-refractivity contribution is 7.14. The molecule has 2 N–H and O–H groups in total. The van der Waals surface area contributed by atoms with Gasteiger partial charge < -0.3 is 5.73 Å². The number of nitro groups is 1. The van der Waals surface area contributed by atoms with Crippen molar-refractivity contribution in [1.82, 2.24) is 0 Å². The molecule has 0 aliphatic heterocycles. The van der Waals surface area contributed by atoms with Crippen molar-refractivity contribution < 1.29 is 4.92 Å². The SMILES string of the molecule is N#Cc1c(-c2ccc([N+](=O)[O-])cc2)csc1N. The summed E-state index contributed by atoms with van der Waals surface area (Å²) in [7, 11) is 0. The molecule has 1 aromatic heterocycles. The molecule has 0 aliphatic rings. The lowest BCUT2D eigenvalue weighted by molar-refractivity contribution is -0.384. The van der Waals surface area contributed by atoms with Crippen LogP contribution in [0.4, 0.5) is 10.7 Å². The summed E-state index contributed by atoms with van der Waals surface area (Å²) >= 11 is 1.28. The van der Waals surface area contributed by atoms with E-state index in [2.05, 4.69) is 0 Å². The predicted octanol–water partition coefficient (Wildman–Crippen LogP) is 2.78. The first kappa shape index (κ1) is 11.1. The second kappa shape index (κ2) is 4.23. The van der Waals surface area contributed by atoms with Crippen molar-refractivity contribution in [3.8, 4) is 17.2 Å². The number of anilines is 1. The lowest BCUT2D eigenvalue weighted by Gasteiger charge is -1.98. The van der Waals surface area contributed by atoms with Crippen molar-refractivity contribution in [2.24, 2.45) is 0 Å². The van der Waals surface area contributed by atoms with Gasteiger partial charge in [-0.05, 0) is 17.7 Å². The molecule has 0 amide bonds. The Labute approximate surface area is 101 Å². The summed E-state index contributed by atoms with van der Waals surface area (Å²) in [6.45, 7) is 0. The van der Waals surface area contributed by atoms with Crippen molar-refractivity contribution in [3.63, 3.8) is 0 Å². The van der Waals surface area contributed by atoms with Gasteiger partial charge >= 0.3 is 0 Å². The largest absolute Gasteiger partial charge is 0.389 e. The summed E-state index contributed by atoms with van der Waals surface area (Å²) < 4.78 is 0. The maximum absolute atomic E-state index is 10.5. The number of nitriles is 1. The van der Waals surface area contributed by atoms with E-state index < -0.39 is 4.92 Å². The quantitative estimate of drug-likeness (QED) is 0.650. The Kier molecular flexibility index (Phi) is 2.77. The number of nitrogen functional groups attached to an aromatic ring is 1. The molecule has 0 fully saturated rings. The summed E-state index contributed by atoms with van der Waals surface area (Å²) in [6.07, 6.45) is 0. The lowest BCUT2D eigenvalue weighted by Crippen LogP contribution is -1.88. The Morgan fingerprint density at radius 2 is 2.00 bits per heavy atom. The standard InChI is InChI=1S/C11H7N3O2S/c12-5-9-10(6-17-11(9)13)7-1-3-8(4-2-7)14(15)16/h1-4,6H,13H2. The van der Waals surface area contributed by atoms with Gasteiger partial charge in [-0.1, -0.05) is 0 Å². The van der Waals surface area contributed by atoms with E-state index in [9.17, 15) is 10.1 Å². The van der Waals surface area contributed by atoms with Crippen molar-refractivity contribution in [2.45, 2.75) is 0 Å². The van der Waals surface area contributed by atoms with Gasteiger partial charge in [-0.2, -0.15) is 5.26 Å². The maximum atomic E-state index is 10.5. The number of nitrogens with zero attached hydrogens (tertiary/aromatic N) is 2. The van der Waals surface area contributed by atoms with Gasteiger partial charge in [0.05, 0.1) is 10.5 Å². The van der Waals surface area contributed by atoms with Gasteiger partial charge in [0, 0.05) is 23.1 Å². The van der Waals surface area contributed by atoms with E-state index in [1.165, 1.54) is 23.5 Å². The molecule has 0 atom stereocenters. The zero-order chi connectivity index (χ0) is 12.4. The first-order valence-corrected chi connectivity index (χ1v) is 5.53. The molecule has 2 aromatic rings. The summed E-state index contributed by atoms with van der Waals surface area (Å²) in [5.41, 5.74) is 7.56. The van der Waals surface area contributed by atoms with Crippen LogP contribution in [-0.2, 0) is 0 Å². The second-order valence-electron chi connectivity index (χ2n) is 3.30. The highest BCUT2D eigenvalue weighted by Gasteiger charge is 2.12. The molecule has 2 rings (SSSR count). The van der Waals surface area contributed by atoms with Gasteiger partial charge in [-0.3, -0.25) is 10.1 Å². The fourth-order valence-corrected chi connectivity index (χ4v) is 2.24. The molecule has 0 saturated carbocycles. The van der Waals surface area contributed by atoms with Crippen LogP contribution in [-0.4, -0.2) is 4.92 Å². The average Bonchev–Trinajstić information content (AvgIpc) is 2.70. The van der Waals surface area contributed by atoms with Crippen LogP contribution in [0.3, 0.4) is 0 Å².